The van der Waals surface area contributed by atoms with E-state index in [1.54, 1.807) is 16.8 Å². The molecule has 3 aromatic rings. The van der Waals surface area contributed by atoms with Gasteiger partial charge in [-0.15, -0.1) is 11.8 Å². The molecule has 2 atom stereocenters. The summed E-state index contributed by atoms with van der Waals surface area (Å²) in [4.78, 5) is 23.9. The zero-order valence-corrected chi connectivity index (χ0v) is 17.2. The first-order valence-corrected chi connectivity index (χ1v) is 10.3. The second-order valence-corrected chi connectivity index (χ2v) is 8.62. The number of aromatic carboxylic acids is 1. The molecule has 0 radical (unpaired) electrons. The summed E-state index contributed by atoms with van der Waals surface area (Å²) in [5.74, 6) is -0.367. The fourth-order valence-corrected chi connectivity index (χ4v) is 4.77. The maximum Gasteiger partial charge on any atom is 0.335 e. The lowest BCUT2D eigenvalue weighted by molar-refractivity contribution is -0.115. The van der Waals surface area contributed by atoms with Crippen LogP contribution in [0.3, 0.4) is 0 Å². The molecule has 148 valence electrons. The molecular weight excluding hydrogens is 386 g/mol. The highest BCUT2D eigenvalue weighted by Gasteiger charge is 2.34. The molecular formula is C22H21N3O3S. The molecule has 6 nitrogen and oxygen atoms in total. The van der Waals surface area contributed by atoms with E-state index in [9.17, 15) is 14.7 Å². The third-order valence-corrected chi connectivity index (χ3v) is 6.46. The van der Waals surface area contributed by atoms with Crippen LogP contribution < -0.4 is 5.32 Å². The number of hydrogen-bond acceptors (Lipinski definition) is 4. The summed E-state index contributed by atoms with van der Waals surface area (Å²) >= 11 is 1.54. The van der Waals surface area contributed by atoms with E-state index in [0.29, 0.717) is 5.82 Å². The van der Waals surface area contributed by atoms with Gasteiger partial charge in [0.15, 0.2) is 0 Å². The average molecular weight is 407 g/mol. The number of carbonyl (C=O) groups is 2. The van der Waals surface area contributed by atoms with Gasteiger partial charge in [0.1, 0.15) is 5.82 Å². The van der Waals surface area contributed by atoms with Crippen LogP contribution >= 0.6 is 11.8 Å². The van der Waals surface area contributed by atoms with E-state index in [1.165, 1.54) is 11.8 Å². The van der Waals surface area contributed by atoms with Crippen LogP contribution in [0.2, 0.25) is 0 Å². The van der Waals surface area contributed by atoms with Gasteiger partial charge in [0.05, 0.1) is 27.4 Å². The van der Waals surface area contributed by atoms with Crippen molar-refractivity contribution in [1.82, 2.24) is 9.78 Å². The zero-order chi connectivity index (χ0) is 20.7. The molecule has 0 saturated heterocycles. The molecule has 2 heterocycles. The van der Waals surface area contributed by atoms with Crippen LogP contribution in [0, 0.1) is 13.8 Å². The van der Waals surface area contributed by atoms with Crippen molar-refractivity contribution >= 4 is 29.5 Å². The third-order valence-electron chi connectivity index (χ3n) is 5.06. The van der Waals surface area contributed by atoms with Gasteiger partial charge in [-0.25, -0.2) is 9.48 Å². The number of anilines is 1. The maximum atomic E-state index is 12.7. The molecule has 0 spiro atoms. The van der Waals surface area contributed by atoms with Gasteiger partial charge in [0, 0.05) is 5.56 Å². The lowest BCUT2D eigenvalue weighted by atomic mass is 10.0. The van der Waals surface area contributed by atoms with Gasteiger partial charge in [-0.05, 0) is 50.6 Å². The molecule has 4 rings (SSSR count). The monoisotopic (exact) mass is 407 g/mol. The van der Waals surface area contributed by atoms with E-state index in [0.717, 1.165) is 28.1 Å². The van der Waals surface area contributed by atoms with Crippen LogP contribution in [0.5, 0.6) is 0 Å². The first-order chi connectivity index (χ1) is 13.8. The van der Waals surface area contributed by atoms with E-state index in [4.69, 9.17) is 5.10 Å². The number of nitrogens with zero attached hydrogens (tertiary/aromatic N) is 2. The number of carboxylic acid groups (broad SMARTS) is 1. The molecule has 0 bridgehead atoms. The molecule has 29 heavy (non-hydrogen) atoms. The molecule has 1 aliphatic heterocycles. The van der Waals surface area contributed by atoms with Gasteiger partial charge in [0.2, 0.25) is 5.91 Å². The van der Waals surface area contributed by atoms with Crippen molar-refractivity contribution < 1.29 is 14.7 Å². The number of carbonyl (C=O) groups excluding carboxylic acids is 1. The lowest BCUT2D eigenvalue weighted by Gasteiger charge is -2.17. The Labute approximate surface area is 172 Å². The van der Waals surface area contributed by atoms with Crippen molar-refractivity contribution in [3.63, 3.8) is 0 Å². The third kappa shape index (κ3) is 3.53. The fourth-order valence-electron chi connectivity index (χ4n) is 3.44. The van der Waals surface area contributed by atoms with Crippen LogP contribution in [0.15, 0.2) is 48.5 Å². The highest BCUT2D eigenvalue weighted by molar-refractivity contribution is 8.01. The standard InChI is InChI=1S/C22H21N3O3S/c1-12-4-10-17(11-5-12)25-20-18(13(2)24-25)19(29-14(3)21(26)23-20)15-6-8-16(9-7-15)22(27)28/h4-11,14,19H,1-3H3,(H,23,26)(H,27,28)/t14-,19-/m1/s1. The number of aromatic nitrogens is 2. The molecule has 0 fully saturated rings. The summed E-state index contributed by atoms with van der Waals surface area (Å²) in [6.07, 6.45) is 0. The second-order valence-electron chi connectivity index (χ2n) is 7.17. The molecule has 0 saturated carbocycles. The number of nitrogens with one attached hydrogen (secondary N) is 1. The van der Waals surface area contributed by atoms with E-state index in [-0.39, 0.29) is 22.0 Å². The van der Waals surface area contributed by atoms with Gasteiger partial charge in [-0.2, -0.15) is 5.10 Å². The molecule has 1 aromatic heterocycles. The quantitative estimate of drug-likeness (QED) is 0.674. The number of aryl methyl sites for hydroxylation is 2. The Morgan fingerprint density at radius 2 is 1.76 bits per heavy atom. The normalized spacial score (nSPS) is 18.7. The molecule has 7 heteroatoms. The molecule has 1 aliphatic rings. The van der Waals surface area contributed by atoms with Crippen molar-refractivity contribution in [2.45, 2.75) is 31.3 Å². The van der Waals surface area contributed by atoms with Crippen LogP contribution in [0.25, 0.3) is 5.69 Å². The summed E-state index contributed by atoms with van der Waals surface area (Å²) in [6.45, 7) is 5.84. The minimum absolute atomic E-state index is 0.0748. The summed E-state index contributed by atoms with van der Waals surface area (Å²) < 4.78 is 1.78. The van der Waals surface area contributed by atoms with Gasteiger partial charge >= 0.3 is 5.97 Å². The van der Waals surface area contributed by atoms with Crippen LogP contribution in [-0.2, 0) is 4.79 Å². The van der Waals surface area contributed by atoms with Gasteiger partial charge in [-0.3, -0.25) is 4.79 Å². The number of hydrogen-bond donors (Lipinski definition) is 2. The number of benzene rings is 2. The Kier molecular flexibility index (Phi) is 4.92. The number of fused-ring (bicyclic) bond motifs is 1. The predicted molar refractivity (Wildman–Crippen MR) is 114 cm³/mol. The fraction of sp³-hybridized carbons (Fsp3) is 0.227. The Bertz CT molecular complexity index is 1090. The summed E-state index contributed by atoms with van der Waals surface area (Å²) in [7, 11) is 0. The number of rotatable bonds is 3. The Balaban J connectivity index is 1.86. The first-order valence-electron chi connectivity index (χ1n) is 9.31. The molecule has 2 aromatic carbocycles. The minimum atomic E-state index is -0.959. The molecule has 0 aliphatic carbocycles. The predicted octanol–water partition coefficient (Wildman–Crippen LogP) is 4.35. The van der Waals surface area contributed by atoms with Crippen molar-refractivity contribution in [3.8, 4) is 5.69 Å². The second kappa shape index (κ2) is 7.40. The Morgan fingerprint density at radius 1 is 1.10 bits per heavy atom. The van der Waals surface area contributed by atoms with Crippen molar-refractivity contribution in [2.24, 2.45) is 0 Å². The van der Waals surface area contributed by atoms with Crippen molar-refractivity contribution in [2.75, 3.05) is 5.32 Å². The van der Waals surface area contributed by atoms with E-state index < -0.39 is 5.97 Å². The van der Waals surface area contributed by atoms with E-state index >= 15 is 0 Å². The van der Waals surface area contributed by atoms with Crippen LogP contribution in [-0.4, -0.2) is 32.0 Å². The Hall–Kier alpha value is -3.06. The molecule has 2 N–H and O–H groups in total. The number of carboxylic acids is 1. The van der Waals surface area contributed by atoms with Crippen molar-refractivity contribution in [3.05, 3.63) is 76.5 Å². The number of thioether (sulfide) groups is 1. The molecule has 0 unspecified atom stereocenters. The van der Waals surface area contributed by atoms with Crippen LogP contribution in [0.4, 0.5) is 5.82 Å². The summed E-state index contributed by atoms with van der Waals surface area (Å²) in [5.41, 5.74) is 4.97. The number of amides is 1. The van der Waals surface area contributed by atoms with Crippen molar-refractivity contribution in [1.29, 1.82) is 0 Å². The van der Waals surface area contributed by atoms with Gasteiger partial charge in [0.25, 0.3) is 0 Å². The molecule has 1 amide bonds. The largest absolute Gasteiger partial charge is 0.478 e. The minimum Gasteiger partial charge on any atom is -0.478 e. The lowest BCUT2D eigenvalue weighted by Crippen LogP contribution is -2.22. The van der Waals surface area contributed by atoms with Crippen LogP contribution in [0.1, 0.15) is 44.9 Å². The smallest absolute Gasteiger partial charge is 0.335 e. The van der Waals surface area contributed by atoms with Gasteiger partial charge < -0.3 is 10.4 Å². The SMILES string of the molecule is Cc1ccc(-n2nc(C)c3c2NC(=O)[C@@H](C)S[C@@H]3c2ccc(C(=O)O)cc2)cc1. The summed E-state index contributed by atoms with van der Waals surface area (Å²) in [6, 6.07) is 14.8. The topological polar surface area (TPSA) is 84.2 Å². The average Bonchev–Trinajstić information content (AvgIpc) is 2.94. The summed E-state index contributed by atoms with van der Waals surface area (Å²) in [5, 5.41) is 16.5. The van der Waals surface area contributed by atoms with Gasteiger partial charge in [-0.1, -0.05) is 29.8 Å². The first kappa shape index (κ1) is 19.3. The van der Waals surface area contributed by atoms with E-state index in [1.807, 2.05) is 57.2 Å². The zero-order valence-electron chi connectivity index (χ0n) is 16.3. The highest BCUT2D eigenvalue weighted by atomic mass is 32.2. The Morgan fingerprint density at radius 3 is 2.38 bits per heavy atom. The van der Waals surface area contributed by atoms with E-state index in [2.05, 4.69) is 5.32 Å². The maximum absolute atomic E-state index is 12.7. The highest BCUT2D eigenvalue weighted by Crippen LogP contribution is 2.46.